The van der Waals surface area contributed by atoms with Crippen LogP contribution in [0.15, 0.2) is 18.2 Å². The van der Waals surface area contributed by atoms with Crippen molar-refractivity contribution in [2.75, 3.05) is 18.0 Å². The highest BCUT2D eigenvalue weighted by molar-refractivity contribution is 6.35. The van der Waals surface area contributed by atoms with Crippen LogP contribution in [0.5, 0.6) is 0 Å². The average Bonchev–Trinajstić information content (AvgIpc) is 2.36. The molecule has 0 radical (unpaired) electrons. The van der Waals surface area contributed by atoms with Crippen LogP contribution in [0, 0.1) is 0 Å². The van der Waals surface area contributed by atoms with E-state index in [4.69, 9.17) is 23.2 Å². The lowest BCUT2D eigenvalue weighted by molar-refractivity contribution is -0.116. The predicted molar refractivity (Wildman–Crippen MR) is 86.2 cm³/mol. The number of halogens is 2. The first-order valence-corrected chi connectivity index (χ1v) is 7.34. The number of anilines is 1. The molecule has 1 aromatic rings. The molecule has 0 aromatic heterocycles. The van der Waals surface area contributed by atoms with Gasteiger partial charge in [0.1, 0.15) is 0 Å². The molecule has 1 aromatic carbocycles. The van der Waals surface area contributed by atoms with E-state index in [0.29, 0.717) is 28.8 Å². The molecule has 0 spiro atoms. The minimum Gasteiger partial charge on any atom is -0.336 e. The summed E-state index contributed by atoms with van der Waals surface area (Å²) < 4.78 is 0. The Labute approximate surface area is 134 Å². The zero-order valence-electron chi connectivity index (χ0n) is 12.2. The van der Waals surface area contributed by atoms with Crippen molar-refractivity contribution in [3.8, 4) is 0 Å². The summed E-state index contributed by atoms with van der Waals surface area (Å²) >= 11 is 12.0. The first-order chi connectivity index (χ1) is 9.81. The van der Waals surface area contributed by atoms with Gasteiger partial charge in [0, 0.05) is 31.1 Å². The molecule has 0 saturated carbocycles. The second kappa shape index (κ2) is 8.10. The molecular formula is C14H19Cl2N3O2. The molecule has 0 atom stereocenters. The van der Waals surface area contributed by atoms with Gasteiger partial charge in [-0.1, -0.05) is 23.2 Å². The zero-order chi connectivity index (χ0) is 16.0. The van der Waals surface area contributed by atoms with Crippen molar-refractivity contribution in [3.63, 3.8) is 0 Å². The van der Waals surface area contributed by atoms with Crippen LogP contribution < -0.4 is 15.5 Å². The Morgan fingerprint density at radius 1 is 1.29 bits per heavy atom. The number of rotatable bonds is 5. The van der Waals surface area contributed by atoms with Gasteiger partial charge in [0.15, 0.2) is 0 Å². The highest BCUT2D eigenvalue weighted by Gasteiger charge is 2.15. The SMILES string of the molecule is CC(=O)N(CCNC(=O)NC(C)C)c1cc(Cl)ccc1Cl. The summed E-state index contributed by atoms with van der Waals surface area (Å²) in [5.74, 6) is -0.176. The van der Waals surface area contributed by atoms with E-state index in [9.17, 15) is 9.59 Å². The van der Waals surface area contributed by atoms with Gasteiger partial charge in [-0.2, -0.15) is 0 Å². The zero-order valence-corrected chi connectivity index (χ0v) is 13.8. The van der Waals surface area contributed by atoms with Crippen LogP contribution in [0.2, 0.25) is 10.0 Å². The predicted octanol–water partition coefficient (Wildman–Crippen LogP) is 3.05. The van der Waals surface area contributed by atoms with Gasteiger partial charge in [-0.3, -0.25) is 4.79 Å². The Balaban J connectivity index is 2.69. The molecule has 0 heterocycles. The third-order valence-electron chi connectivity index (χ3n) is 2.62. The summed E-state index contributed by atoms with van der Waals surface area (Å²) in [5.41, 5.74) is 0.530. The van der Waals surface area contributed by atoms with Crippen molar-refractivity contribution in [2.45, 2.75) is 26.8 Å². The van der Waals surface area contributed by atoms with Gasteiger partial charge in [0.25, 0.3) is 0 Å². The Kier molecular flexibility index (Phi) is 6.78. The molecule has 116 valence electrons. The summed E-state index contributed by atoms with van der Waals surface area (Å²) in [6.45, 7) is 5.79. The topological polar surface area (TPSA) is 61.4 Å². The van der Waals surface area contributed by atoms with E-state index < -0.39 is 0 Å². The Morgan fingerprint density at radius 2 is 1.95 bits per heavy atom. The minimum atomic E-state index is -0.273. The molecule has 1 rings (SSSR count). The third kappa shape index (κ3) is 5.81. The normalized spacial score (nSPS) is 10.4. The Bertz CT molecular complexity index is 521. The molecule has 0 aliphatic carbocycles. The highest BCUT2D eigenvalue weighted by atomic mass is 35.5. The first kappa shape index (κ1) is 17.6. The second-order valence-electron chi connectivity index (χ2n) is 4.82. The molecule has 0 saturated heterocycles. The molecule has 0 fully saturated rings. The molecule has 0 bridgehead atoms. The lowest BCUT2D eigenvalue weighted by Gasteiger charge is -2.23. The molecule has 5 nitrogen and oxygen atoms in total. The Hall–Kier alpha value is -1.46. The molecule has 3 amide bonds. The molecular weight excluding hydrogens is 313 g/mol. The van der Waals surface area contributed by atoms with Crippen LogP contribution in [-0.2, 0) is 4.79 Å². The number of nitrogens with zero attached hydrogens (tertiary/aromatic N) is 1. The van der Waals surface area contributed by atoms with Crippen LogP contribution in [0.1, 0.15) is 20.8 Å². The summed E-state index contributed by atoms with van der Waals surface area (Å²) in [7, 11) is 0. The van der Waals surface area contributed by atoms with E-state index in [2.05, 4.69) is 10.6 Å². The molecule has 7 heteroatoms. The maximum absolute atomic E-state index is 11.8. The maximum Gasteiger partial charge on any atom is 0.315 e. The monoisotopic (exact) mass is 331 g/mol. The lowest BCUT2D eigenvalue weighted by atomic mass is 10.2. The van der Waals surface area contributed by atoms with Crippen LogP contribution in [0.3, 0.4) is 0 Å². The highest BCUT2D eigenvalue weighted by Crippen LogP contribution is 2.28. The number of urea groups is 1. The van der Waals surface area contributed by atoms with Gasteiger partial charge >= 0.3 is 6.03 Å². The van der Waals surface area contributed by atoms with Gasteiger partial charge in [0.05, 0.1) is 10.7 Å². The third-order valence-corrected chi connectivity index (χ3v) is 3.17. The number of hydrogen-bond donors (Lipinski definition) is 2. The van der Waals surface area contributed by atoms with Crippen molar-refractivity contribution >= 4 is 40.8 Å². The van der Waals surface area contributed by atoms with E-state index in [0.717, 1.165) is 0 Å². The fraction of sp³-hybridized carbons (Fsp3) is 0.429. The average molecular weight is 332 g/mol. The number of amides is 3. The van der Waals surface area contributed by atoms with E-state index in [1.165, 1.54) is 11.8 Å². The van der Waals surface area contributed by atoms with Gasteiger partial charge in [-0.15, -0.1) is 0 Å². The Morgan fingerprint density at radius 3 is 2.52 bits per heavy atom. The molecule has 2 N–H and O–H groups in total. The number of nitrogens with one attached hydrogen (secondary N) is 2. The fourth-order valence-corrected chi connectivity index (χ4v) is 2.12. The number of hydrogen-bond acceptors (Lipinski definition) is 2. The van der Waals surface area contributed by atoms with Crippen LogP contribution >= 0.6 is 23.2 Å². The van der Waals surface area contributed by atoms with Crippen molar-refractivity contribution in [1.82, 2.24) is 10.6 Å². The van der Waals surface area contributed by atoms with Crippen molar-refractivity contribution in [1.29, 1.82) is 0 Å². The number of carbonyl (C=O) groups excluding carboxylic acids is 2. The molecule has 0 unspecified atom stereocenters. The van der Waals surface area contributed by atoms with Crippen LogP contribution in [-0.4, -0.2) is 31.1 Å². The fourth-order valence-electron chi connectivity index (χ4n) is 1.73. The largest absolute Gasteiger partial charge is 0.336 e. The van der Waals surface area contributed by atoms with Gasteiger partial charge in [0.2, 0.25) is 5.91 Å². The molecule has 0 aliphatic rings. The number of carbonyl (C=O) groups is 2. The van der Waals surface area contributed by atoms with Crippen LogP contribution in [0.4, 0.5) is 10.5 Å². The molecule has 0 aliphatic heterocycles. The van der Waals surface area contributed by atoms with Gasteiger partial charge in [-0.25, -0.2) is 4.79 Å². The summed E-state index contributed by atoms with van der Waals surface area (Å²) in [6, 6.07) is 4.69. The second-order valence-corrected chi connectivity index (χ2v) is 5.66. The quantitative estimate of drug-likeness (QED) is 0.871. The minimum absolute atomic E-state index is 0.0521. The van der Waals surface area contributed by atoms with Crippen LogP contribution in [0.25, 0.3) is 0 Å². The van der Waals surface area contributed by atoms with E-state index in [1.807, 2.05) is 13.8 Å². The van der Waals surface area contributed by atoms with E-state index >= 15 is 0 Å². The smallest absolute Gasteiger partial charge is 0.315 e. The summed E-state index contributed by atoms with van der Waals surface area (Å²) in [4.78, 5) is 24.7. The van der Waals surface area contributed by atoms with E-state index in [-0.39, 0.29) is 18.0 Å². The first-order valence-electron chi connectivity index (χ1n) is 6.58. The van der Waals surface area contributed by atoms with Crippen molar-refractivity contribution < 1.29 is 9.59 Å². The summed E-state index contributed by atoms with van der Waals surface area (Å²) in [5, 5.41) is 6.31. The standard InChI is InChI=1S/C14H19Cl2N3O2/c1-9(2)18-14(21)17-6-7-19(10(3)20)13-8-11(15)4-5-12(13)16/h4-5,8-9H,6-7H2,1-3H3,(H2,17,18,21). The number of benzene rings is 1. The summed E-state index contributed by atoms with van der Waals surface area (Å²) in [6.07, 6.45) is 0. The lowest BCUT2D eigenvalue weighted by Crippen LogP contribution is -2.43. The van der Waals surface area contributed by atoms with E-state index in [1.54, 1.807) is 18.2 Å². The van der Waals surface area contributed by atoms with Gasteiger partial charge in [-0.05, 0) is 32.0 Å². The van der Waals surface area contributed by atoms with Crippen molar-refractivity contribution in [2.24, 2.45) is 0 Å². The van der Waals surface area contributed by atoms with Gasteiger partial charge < -0.3 is 15.5 Å². The molecule has 21 heavy (non-hydrogen) atoms. The van der Waals surface area contributed by atoms with Crippen molar-refractivity contribution in [3.05, 3.63) is 28.2 Å². The maximum atomic E-state index is 11.8.